The number of aromatic amines is 1. The fourth-order valence-electron chi connectivity index (χ4n) is 2.13. The first-order chi connectivity index (χ1) is 8.70. The van der Waals surface area contributed by atoms with Crippen molar-refractivity contribution < 1.29 is 0 Å². The number of benzene rings is 1. The summed E-state index contributed by atoms with van der Waals surface area (Å²) in [5.74, 6) is 0.901. The molecule has 2 aromatic rings. The molecule has 0 aliphatic rings. The summed E-state index contributed by atoms with van der Waals surface area (Å²) in [4.78, 5) is 4.25. The quantitative estimate of drug-likeness (QED) is 0.848. The molecule has 0 fully saturated rings. The average molecular weight is 244 g/mol. The van der Waals surface area contributed by atoms with Gasteiger partial charge < -0.3 is 5.32 Å². The van der Waals surface area contributed by atoms with E-state index in [0.717, 1.165) is 18.8 Å². The maximum absolute atomic E-state index is 4.25. The fraction of sp³-hybridized carbons (Fsp3) is 0.429. The lowest BCUT2D eigenvalue weighted by atomic mass is 9.98. The van der Waals surface area contributed by atoms with E-state index in [1.807, 2.05) is 0 Å². The molecule has 2 rings (SSSR count). The van der Waals surface area contributed by atoms with Gasteiger partial charge in [0.2, 0.25) is 0 Å². The van der Waals surface area contributed by atoms with Crippen LogP contribution in [0.1, 0.15) is 35.5 Å². The number of nitrogens with one attached hydrogen (secondary N) is 2. The lowest BCUT2D eigenvalue weighted by Crippen LogP contribution is -2.24. The van der Waals surface area contributed by atoms with Crippen LogP contribution in [-0.2, 0) is 6.42 Å². The summed E-state index contributed by atoms with van der Waals surface area (Å²) in [6, 6.07) is 6.76. The lowest BCUT2D eigenvalue weighted by Gasteiger charge is -2.17. The minimum absolute atomic E-state index is 0.193. The molecule has 0 spiro atoms. The summed E-state index contributed by atoms with van der Waals surface area (Å²) in [6.45, 7) is 7.29. The Hall–Kier alpha value is -1.68. The van der Waals surface area contributed by atoms with E-state index in [4.69, 9.17) is 0 Å². The Morgan fingerprint density at radius 3 is 2.83 bits per heavy atom. The van der Waals surface area contributed by atoms with Crippen molar-refractivity contribution in [2.45, 2.75) is 33.2 Å². The third-order valence-electron chi connectivity index (χ3n) is 3.14. The van der Waals surface area contributed by atoms with Crippen LogP contribution >= 0.6 is 0 Å². The molecule has 1 atom stereocenters. The van der Waals surface area contributed by atoms with Crippen LogP contribution < -0.4 is 5.32 Å². The monoisotopic (exact) mass is 244 g/mol. The minimum atomic E-state index is 0.193. The van der Waals surface area contributed by atoms with Gasteiger partial charge in [0, 0.05) is 0 Å². The molecule has 0 radical (unpaired) electrons. The van der Waals surface area contributed by atoms with Crippen LogP contribution in [-0.4, -0.2) is 21.7 Å². The fourth-order valence-corrected chi connectivity index (χ4v) is 2.13. The minimum Gasteiger partial charge on any atom is -0.307 e. The molecule has 0 bridgehead atoms. The van der Waals surface area contributed by atoms with E-state index in [1.165, 1.54) is 16.7 Å². The topological polar surface area (TPSA) is 53.6 Å². The van der Waals surface area contributed by atoms with Crippen LogP contribution in [0.25, 0.3) is 0 Å². The van der Waals surface area contributed by atoms with E-state index in [-0.39, 0.29) is 6.04 Å². The van der Waals surface area contributed by atoms with Crippen LogP contribution in [0.4, 0.5) is 0 Å². The third-order valence-corrected chi connectivity index (χ3v) is 3.14. The SMILES string of the molecule is CCNC(Cc1cc(C)ccc1C)c1ncn[nH]1. The average Bonchev–Trinajstić information content (AvgIpc) is 2.87. The smallest absolute Gasteiger partial charge is 0.141 e. The zero-order chi connectivity index (χ0) is 13.0. The molecule has 0 aliphatic heterocycles. The van der Waals surface area contributed by atoms with Crippen LogP contribution in [0.5, 0.6) is 0 Å². The molecule has 1 aromatic heterocycles. The predicted molar refractivity (Wildman–Crippen MR) is 72.4 cm³/mol. The summed E-state index contributed by atoms with van der Waals surface area (Å²) < 4.78 is 0. The summed E-state index contributed by atoms with van der Waals surface area (Å²) in [6.07, 6.45) is 2.49. The lowest BCUT2D eigenvalue weighted by molar-refractivity contribution is 0.522. The number of aromatic nitrogens is 3. The summed E-state index contributed by atoms with van der Waals surface area (Å²) >= 11 is 0. The van der Waals surface area contributed by atoms with Gasteiger partial charge >= 0.3 is 0 Å². The van der Waals surface area contributed by atoms with E-state index in [2.05, 4.69) is 59.5 Å². The van der Waals surface area contributed by atoms with Gasteiger partial charge in [-0.2, -0.15) is 5.10 Å². The van der Waals surface area contributed by atoms with Gasteiger partial charge in [0.1, 0.15) is 12.2 Å². The van der Waals surface area contributed by atoms with Crippen molar-refractivity contribution in [1.82, 2.24) is 20.5 Å². The zero-order valence-corrected chi connectivity index (χ0v) is 11.2. The third kappa shape index (κ3) is 2.96. The molecule has 0 aliphatic carbocycles. The first kappa shape index (κ1) is 12.8. The van der Waals surface area contributed by atoms with Crippen LogP contribution in [0, 0.1) is 13.8 Å². The van der Waals surface area contributed by atoms with E-state index in [0.29, 0.717) is 0 Å². The number of rotatable bonds is 5. The highest BCUT2D eigenvalue weighted by Gasteiger charge is 2.15. The Kier molecular flexibility index (Phi) is 4.10. The van der Waals surface area contributed by atoms with Crippen LogP contribution in [0.15, 0.2) is 24.5 Å². The second-order valence-electron chi connectivity index (χ2n) is 4.62. The molecule has 0 saturated heterocycles. The number of hydrogen-bond acceptors (Lipinski definition) is 3. The molecule has 0 amide bonds. The maximum Gasteiger partial charge on any atom is 0.141 e. The molecule has 2 N–H and O–H groups in total. The summed E-state index contributed by atoms with van der Waals surface area (Å²) in [5.41, 5.74) is 3.98. The van der Waals surface area contributed by atoms with Gasteiger partial charge in [-0.1, -0.05) is 30.7 Å². The second-order valence-corrected chi connectivity index (χ2v) is 4.62. The highest BCUT2D eigenvalue weighted by Crippen LogP contribution is 2.18. The van der Waals surface area contributed by atoms with Gasteiger partial charge in [-0.15, -0.1) is 0 Å². The van der Waals surface area contributed by atoms with Crippen molar-refractivity contribution in [1.29, 1.82) is 0 Å². The Bertz CT molecular complexity index is 491. The van der Waals surface area contributed by atoms with Crippen molar-refractivity contribution in [3.63, 3.8) is 0 Å². The summed E-state index contributed by atoms with van der Waals surface area (Å²) in [7, 11) is 0. The van der Waals surface area contributed by atoms with Crippen LogP contribution in [0.3, 0.4) is 0 Å². The highest BCUT2D eigenvalue weighted by molar-refractivity contribution is 5.31. The molecular weight excluding hydrogens is 224 g/mol. The van der Waals surface area contributed by atoms with Crippen molar-refractivity contribution >= 4 is 0 Å². The van der Waals surface area contributed by atoms with Crippen LogP contribution in [0.2, 0.25) is 0 Å². The van der Waals surface area contributed by atoms with E-state index >= 15 is 0 Å². The second kappa shape index (κ2) is 5.78. The molecule has 18 heavy (non-hydrogen) atoms. The standard InChI is InChI=1S/C14H20N4/c1-4-15-13(14-16-9-17-18-14)8-12-7-10(2)5-6-11(12)3/h5-7,9,13,15H,4,8H2,1-3H3,(H,16,17,18). The largest absolute Gasteiger partial charge is 0.307 e. The normalized spacial score (nSPS) is 12.6. The van der Waals surface area contributed by atoms with E-state index in [1.54, 1.807) is 6.33 Å². The Morgan fingerprint density at radius 2 is 2.17 bits per heavy atom. The zero-order valence-electron chi connectivity index (χ0n) is 11.2. The van der Waals surface area contributed by atoms with Gasteiger partial charge in [-0.25, -0.2) is 4.98 Å². The van der Waals surface area contributed by atoms with Crippen molar-refractivity contribution in [3.05, 3.63) is 47.0 Å². The Labute approximate surface area is 108 Å². The molecule has 0 saturated carbocycles. The number of likely N-dealkylation sites (N-methyl/N-ethyl adjacent to an activating group) is 1. The highest BCUT2D eigenvalue weighted by atomic mass is 15.2. The number of H-pyrrole nitrogens is 1. The molecule has 4 heteroatoms. The maximum atomic E-state index is 4.25. The van der Waals surface area contributed by atoms with Gasteiger partial charge in [0.05, 0.1) is 6.04 Å². The first-order valence-corrected chi connectivity index (χ1v) is 6.35. The van der Waals surface area contributed by atoms with E-state index in [9.17, 15) is 0 Å². The van der Waals surface area contributed by atoms with Gasteiger partial charge in [0.25, 0.3) is 0 Å². The molecule has 1 heterocycles. The molecule has 1 aromatic carbocycles. The van der Waals surface area contributed by atoms with Gasteiger partial charge in [0.15, 0.2) is 0 Å². The van der Waals surface area contributed by atoms with Crippen molar-refractivity contribution in [3.8, 4) is 0 Å². The summed E-state index contributed by atoms with van der Waals surface area (Å²) in [5, 5.41) is 10.3. The Morgan fingerprint density at radius 1 is 1.33 bits per heavy atom. The number of hydrogen-bond donors (Lipinski definition) is 2. The molecule has 4 nitrogen and oxygen atoms in total. The van der Waals surface area contributed by atoms with Gasteiger partial charge in [-0.3, -0.25) is 5.10 Å². The molecule has 1 unspecified atom stereocenters. The van der Waals surface area contributed by atoms with E-state index < -0.39 is 0 Å². The number of nitrogens with zero attached hydrogens (tertiary/aromatic N) is 2. The van der Waals surface area contributed by atoms with Gasteiger partial charge in [-0.05, 0) is 37.9 Å². The van der Waals surface area contributed by atoms with Crippen molar-refractivity contribution in [2.75, 3.05) is 6.54 Å². The predicted octanol–water partition coefficient (Wildman–Crippen LogP) is 2.31. The van der Waals surface area contributed by atoms with Crippen molar-refractivity contribution in [2.24, 2.45) is 0 Å². The molecule has 96 valence electrons. The molecular formula is C14H20N4. The first-order valence-electron chi connectivity index (χ1n) is 6.35. The Balaban J connectivity index is 2.21. The number of aryl methyl sites for hydroxylation is 2.